The van der Waals surface area contributed by atoms with Gasteiger partial charge in [0.25, 0.3) is 0 Å². The van der Waals surface area contributed by atoms with E-state index in [2.05, 4.69) is 9.88 Å². The Morgan fingerprint density at radius 3 is 2.62 bits per heavy atom. The van der Waals surface area contributed by atoms with Crippen LogP contribution in [0.25, 0.3) is 10.9 Å². The first-order chi connectivity index (χ1) is 17.7. The van der Waals surface area contributed by atoms with E-state index in [0.29, 0.717) is 67.5 Å². The van der Waals surface area contributed by atoms with Gasteiger partial charge in [0.1, 0.15) is 17.7 Å². The lowest BCUT2D eigenvalue weighted by molar-refractivity contribution is 0.0323. The fourth-order valence-electron chi connectivity index (χ4n) is 5.07. The van der Waals surface area contributed by atoms with Crippen LogP contribution in [-0.4, -0.2) is 54.1 Å². The Kier molecular flexibility index (Phi) is 8.98. The molecule has 1 saturated heterocycles. The van der Waals surface area contributed by atoms with Crippen molar-refractivity contribution in [2.45, 2.75) is 43.7 Å². The monoisotopic (exact) mass is 536 g/mol. The van der Waals surface area contributed by atoms with Crippen LogP contribution in [0.1, 0.15) is 43.0 Å². The maximum atomic E-state index is 15.7. The van der Waals surface area contributed by atoms with Crippen molar-refractivity contribution in [2.24, 2.45) is 5.41 Å². The van der Waals surface area contributed by atoms with Gasteiger partial charge in [-0.15, -0.1) is 11.8 Å². The molecule has 1 aliphatic rings. The van der Waals surface area contributed by atoms with Gasteiger partial charge < -0.3 is 14.7 Å². The van der Waals surface area contributed by atoms with Gasteiger partial charge in [0.2, 0.25) is 0 Å². The van der Waals surface area contributed by atoms with Gasteiger partial charge in [-0.25, -0.2) is 17.6 Å². The molecule has 1 unspecified atom stereocenters. The van der Waals surface area contributed by atoms with E-state index < -0.39 is 23.6 Å². The number of likely N-dealkylation sites (tertiary alicyclic amines) is 1. The minimum Gasteiger partial charge on any atom is -0.497 e. The molecule has 3 aromatic rings. The summed E-state index contributed by atoms with van der Waals surface area (Å²) in [5.41, 5.74) is 1.76. The van der Waals surface area contributed by atoms with Crippen LogP contribution in [0.4, 0.5) is 17.6 Å². The number of halogens is 4. The van der Waals surface area contributed by atoms with Crippen LogP contribution in [0.2, 0.25) is 0 Å². The Balaban J connectivity index is 1.33. The molecule has 4 rings (SSSR count). The third kappa shape index (κ3) is 6.38. The Bertz CT molecular complexity index is 1230. The number of hydrogen-bond acceptors (Lipinski definition) is 5. The number of rotatable bonds is 10. The predicted octanol–water partition coefficient (Wildman–Crippen LogP) is 6.63. The summed E-state index contributed by atoms with van der Waals surface area (Å²) in [4.78, 5) is 6.57. The SMILES string of the molecule is COc1ccc2ncc(C)c(C(F)CCC3(CO)CCN(CCSc4cc(F)cc(F)c4F)CC3)c2c1. The molecule has 2 heterocycles. The number of aliphatic hydroxyl groups is 1. The lowest BCUT2D eigenvalue weighted by Crippen LogP contribution is -2.42. The quantitative estimate of drug-likeness (QED) is 0.179. The first-order valence-corrected chi connectivity index (χ1v) is 13.4. The average Bonchev–Trinajstić information content (AvgIpc) is 2.90. The largest absolute Gasteiger partial charge is 0.497 e. The first-order valence-electron chi connectivity index (χ1n) is 12.4. The number of piperidine rings is 1. The fraction of sp³-hybridized carbons (Fsp3) is 0.464. The van der Waals surface area contributed by atoms with Gasteiger partial charge in [-0.2, -0.15) is 0 Å². The van der Waals surface area contributed by atoms with Gasteiger partial charge >= 0.3 is 0 Å². The van der Waals surface area contributed by atoms with Crippen LogP contribution < -0.4 is 4.74 Å². The van der Waals surface area contributed by atoms with Gasteiger partial charge in [-0.3, -0.25) is 4.98 Å². The van der Waals surface area contributed by atoms with Crippen LogP contribution in [0.3, 0.4) is 0 Å². The number of aryl methyl sites for hydroxylation is 1. The zero-order chi connectivity index (χ0) is 26.6. The van der Waals surface area contributed by atoms with Crippen LogP contribution in [0.5, 0.6) is 5.75 Å². The number of fused-ring (bicyclic) bond motifs is 1. The van der Waals surface area contributed by atoms with Crippen molar-refractivity contribution in [3.8, 4) is 5.75 Å². The topological polar surface area (TPSA) is 45.6 Å². The second kappa shape index (κ2) is 12.0. The summed E-state index contributed by atoms with van der Waals surface area (Å²) in [7, 11) is 1.58. The van der Waals surface area contributed by atoms with Crippen molar-refractivity contribution in [3.63, 3.8) is 0 Å². The van der Waals surface area contributed by atoms with E-state index in [4.69, 9.17) is 4.74 Å². The molecule has 200 valence electrons. The van der Waals surface area contributed by atoms with Crippen molar-refractivity contribution in [1.29, 1.82) is 0 Å². The molecule has 1 aliphatic heterocycles. The standard InChI is InChI=1S/C28H32F4N2O2S/c1-18-16-33-24-4-3-20(36-2)15-21(24)26(18)22(30)5-6-28(17-35)7-9-34(10-8-28)11-12-37-25-14-19(29)13-23(31)27(25)32/h3-4,13-16,22,35H,5-12,17H2,1-2H3. The highest BCUT2D eigenvalue weighted by Crippen LogP contribution is 2.41. The highest BCUT2D eigenvalue weighted by molar-refractivity contribution is 7.99. The minimum absolute atomic E-state index is 0.0139. The number of aliphatic hydroxyl groups excluding tert-OH is 1. The number of nitrogens with zero attached hydrogens (tertiary/aromatic N) is 2. The van der Waals surface area contributed by atoms with Gasteiger partial charge in [-0.1, -0.05) is 0 Å². The molecule has 0 bridgehead atoms. The summed E-state index contributed by atoms with van der Waals surface area (Å²) in [6.07, 6.45) is 2.77. The Morgan fingerprint density at radius 1 is 1.16 bits per heavy atom. The van der Waals surface area contributed by atoms with Crippen molar-refractivity contribution in [2.75, 3.05) is 39.1 Å². The van der Waals surface area contributed by atoms with Crippen LogP contribution >= 0.6 is 11.8 Å². The molecule has 1 atom stereocenters. The molecule has 9 heteroatoms. The normalized spacial score (nSPS) is 16.7. The van der Waals surface area contributed by atoms with Gasteiger partial charge in [0.15, 0.2) is 11.6 Å². The molecule has 0 saturated carbocycles. The minimum atomic E-state index is -1.20. The average molecular weight is 537 g/mol. The molecular formula is C28H32F4N2O2S. The highest BCUT2D eigenvalue weighted by Gasteiger charge is 2.35. The van der Waals surface area contributed by atoms with E-state index in [1.807, 2.05) is 25.1 Å². The molecule has 4 nitrogen and oxygen atoms in total. The van der Waals surface area contributed by atoms with Crippen LogP contribution in [-0.2, 0) is 0 Å². The number of ether oxygens (including phenoxy) is 1. The third-order valence-electron chi connectivity index (χ3n) is 7.43. The summed E-state index contributed by atoms with van der Waals surface area (Å²) in [6, 6.07) is 7.00. The molecule has 2 aromatic carbocycles. The maximum absolute atomic E-state index is 15.7. The van der Waals surface area contributed by atoms with Crippen molar-refractivity contribution >= 4 is 22.7 Å². The van der Waals surface area contributed by atoms with E-state index >= 15 is 4.39 Å². The number of methoxy groups -OCH3 is 1. The number of hydrogen-bond donors (Lipinski definition) is 1. The zero-order valence-electron chi connectivity index (χ0n) is 21.1. The van der Waals surface area contributed by atoms with Crippen LogP contribution in [0, 0.1) is 29.8 Å². The molecule has 0 spiro atoms. The van der Waals surface area contributed by atoms with Crippen molar-refractivity contribution in [1.82, 2.24) is 9.88 Å². The van der Waals surface area contributed by atoms with E-state index in [-0.39, 0.29) is 23.3 Å². The van der Waals surface area contributed by atoms with Gasteiger partial charge in [0.05, 0.1) is 12.6 Å². The second-order valence-corrected chi connectivity index (χ2v) is 10.9. The highest BCUT2D eigenvalue weighted by atomic mass is 32.2. The molecule has 0 amide bonds. The second-order valence-electron chi connectivity index (χ2n) is 9.79. The van der Waals surface area contributed by atoms with Gasteiger partial charge in [0, 0.05) is 41.4 Å². The molecule has 37 heavy (non-hydrogen) atoms. The number of benzene rings is 2. The number of aromatic nitrogens is 1. The van der Waals surface area contributed by atoms with Gasteiger partial charge in [-0.05, 0) is 86.5 Å². The predicted molar refractivity (Wildman–Crippen MR) is 138 cm³/mol. The summed E-state index contributed by atoms with van der Waals surface area (Å²) in [5.74, 6) is -1.88. The zero-order valence-corrected chi connectivity index (χ0v) is 21.9. The molecule has 0 aliphatic carbocycles. The molecule has 1 N–H and O–H groups in total. The number of alkyl halides is 1. The number of pyridine rings is 1. The Hall–Kier alpha value is -2.36. The molecular weight excluding hydrogens is 504 g/mol. The number of thioether (sulfide) groups is 1. The van der Waals surface area contributed by atoms with Crippen molar-refractivity contribution in [3.05, 3.63) is 65.1 Å². The Labute approximate surface area is 219 Å². The summed E-state index contributed by atoms with van der Waals surface area (Å²) >= 11 is 1.08. The maximum Gasteiger partial charge on any atom is 0.172 e. The molecule has 1 fully saturated rings. The van der Waals surface area contributed by atoms with E-state index in [0.717, 1.165) is 28.8 Å². The molecule has 1 aromatic heterocycles. The summed E-state index contributed by atoms with van der Waals surface area (Å²) in [5, 5.41) is 11.0. The van der Waals surface area contributed by atoms with Crippen molar-refractivity contribution < 1.29 is 27.4 Å². The lowest BCUT2D eigenvalue weighted by Gasteiger charge is -2.41. The summed E-state index contributed by atoms with van der Waals surface area (Å²) < 4.78 is 61.7. The fourth-order valence-corrected chi connectivity index (χ4v) is 6.06. The summed E-state index contributed by atoms with van der Waals surface area (Å²) in [6.45, 7) is 3.90. The van der Waals surface area contributed by atoms with Crippen LogP contribution in [0.15, 0.2) is 41.4 Å². The first kappa shape index (κ1) is 27.7. The Morgan fingerprint density at radius 2 is 1.92 bits per heavy atom. The molecule has 0 radical (unpaired) electrons. The lowest BCUT2D eigenvalue weighted by atomic mass is 9.74. The third-order valence-corrected chi connectivity index (χ3v) is 8.43. The smallest absolute Gasteiger partial charge is 0.172 e. The van der Waals surface area contributed by atoms with E-state index in [1.54, 1.807) is 13.3 Å². The van der Waals surface area contributed by atoms with E-state index in [1.165, 1.54) is 0 Å². The van der Waals surface area contributed by atoms with E-state index in [9.17, 15) is 18.3 Å².